The van der Waals surface area contributed by atoms with Gasteiger partial charge in [0, 0.05) is 12.4 Å². The number of thioether (sulfide) groups is 1. The van der Waals surface area contributed by atoms with E-state index in [1.807, 2.05) is 11.8 Å². The van der Waals surface area contributed by atoms with Crippen LogP contribution >= 0.6 is 11.8 Å². The monoisotopic (exact) mass is 318 g/mol. The van der Waals surface area contributed by atoms with Gasteiger partial charge in [-0.1, -0.05) is 71.6 Å². The van der Waals surface area contributed by atoms with E-state index >= 15 is 0 Å². The van der Waals surface area contributed by atoms with E-state index in [0.29, 0.717) is 6.61 Å². The predicted octanol–water partition coefficient (Wildman–Crippen LogP) is 5.43. The summed E-state index contributed by atoms with van der Waals surface area (Å²) in [7, 11) is 0. The molecule has 0 amide bonds. The van der Waals surface area contributed by atoms with Gasteiger partial charge in [0.25, 0.3) is 0 Å². The fraction of sp³-hybridized carbons (Fsp3) is 1.00. The minimum Gasteiger partial charge on any atom is -0.390 e. The smallest absolute Gasteiger partial charge is 0.0863 e. The molecule has 0 aliphatic heterocycles. The summed E-state index contributed by atoms with van der Waals surface area (Å²) in [5.41, 5.74) is 0. The lowest BCUT2D eigenvalue weighted by atomic mass is 10.1. The van der Waals surface area contributed by atoms with Crippen molar-refractivity contribution in [3.63, 3.8) is 0 Å². The lowest BCUT2D eigenvalue weighted by Crippen LogP contribution is -2.18. The molecule has 0 saturated carbocycles. The van der Waals surface area contributed by atoms with Crippen LogP contribution < -0.4 is 0 Å². The van der Waals surface area contributed by atoms with Gasteiger partial charge < -0.3 is 9.84 Å². The van der Waals surface area contributed by atoms with Crippen molar-refractivity contribution in [3.05, 3.63) is 0 Å². The van der Waals surface area contributed by atoms with Crippen LogP contribution in [0.1, 0.15) is 84.5 Å². The van der Waals surface area contributed by atoms with Gasteiger partial charge in [-0.2, -0.15) is 11.8 Å². The van der Waals surface area contributed by atoms with Crippen LogP contribution in [0.4, 0.5) is 0 Å². The highest BCUT2D eigenvalue weighted by atomic mass is 32.2. The van der Waals surface area contributed by atoms with Crippen molar-refractivity contribution < 1.29 is 9.84 Å². The number of rotatable bonds is 17. The third-order valence-corrected chi connectivity index (χ3v) is 4.85. The van der Waals surface area contributed by atoms with Gasteiger partial charge in [0.05, 0.1) is 12.7 Å². The van der Waals surface area contributed by atoms with Gasteiger partial charge in [0.1, 0.15) is 0 Å². The normalized spacial score (nSPS) is 12.7. The number of hydrogen-bond donors (Lipinski definition) is 1. The molecule has 0 rings (SSSR count). The zero-order valence-electron chi connectivity index (χ0n) is 14.4. The molecule has 0 aliphatic carbocycles. The summed E-state index contributed by atoms with van der Waals surface area (Å²) in [6.45, 7) is 5.81. The average Bonchev–Trinajstić information content (AvgIpc) is 2.49. The van der Waals surface area contributed by atoms with Gasteiger partial charge in [0.15, 0.2) is 0 Å². The van der Waals surface area contributed by atoms with Crippen LogP contribution in [0.2, 0.25) is 0 Å². The highest BCUT2D eigenvalue weighted by molar-refractivity contribution is 7.99. The molecule has 1 unspecified atom stereocenters. The molecule has 3 heteroatoms. The first-order valence-electron chi connectivity index (χ1n) is 9.14. The quantitative estimate of drug-likeness (QED) is 0.363. The Kier molecular flexibility index (Phi) is 18.6. The number of unbranched alkanes of at least 4 members (excludes halogenated alkanes) is 9. The van der Waals surface area contributed by atoms with Gasteiger partial charge in [-0.15, -0.1) is 0 Å². The number of hydrogen-bond acceptors (Lipinski definition) is 3. The third-order valence-electron chi connectivity index (χ3n) is 3.65. The van der Waals surface area contributed by atoms with Crippen LogP contribution in [0, 0.1) is 0 Å². The molecule has 0 aliphatic rings. The summed E-state index contributed by atoms with van der Waals surface area (Å²) < 4.78 is 5.55. The first-order chi connectivity index (χ1) is 10.3. The Morgan fingerprint density at radius 1 is 0.810 bits per heavy atom. The Balaban J connectivity index is 3.11. The van der Waals surface area contributed by atoms with E-state index in [-0.39, 0.29) is 6.10 Å². The molecule has 0 heterocycles. The number of aliphatic hydroxyl groups is 1. The molecular formula is C18H38O2S. The first-order valence-corrected chi connectivity index (χ1v) is 10.3. The van der Waals surface area contributed by atoms with Gasteiger partial charge in [0.2, 0.25) is 0 Å². The SMILES string of the molecule is CCCCCCCCOCC(O)CSCCCCCCC. The van der Waals surface area contributed by atoms with Crippen molar-refractivity contribution in [1.29, 1.82) is 0 Å². The topological polar surface area (TPSA) is 29.5 Å². The summed E-state index contributed by atoms with van der Waals surface area (Å²) in [6, 6.07) is 0. The van der Waals surface area contributed by atoms with Gasteiger partial charge in [-0.3, -0.25) is 0 Å². The summed E-state index contributed by atoms with van der Waals surface area (Å²) in [4.78, 5) is 0. The minimum atomic E-state index is -0.286. The van der Waals surface area contributed by atoms with Gasteiger partial charge in [-0.05, 0) is 18.6 Å². The second kappa shape index (κ2) is 18.3. The second-order valence-electron chi connectivity index (χ2n) is 5.99. The Hall–Kier alpha value is 0.270. The molecule has 1 atom stereocenters. The highest BCUT2D eigenvalue weighted by Crippen LogP contribution is 2.10. The largest absolute Gasteiger partial charge is 0.390 e. The third kappa shape index (κ3) is 18.2. The summed E-state index contributed by atoms with van der Waals surface area (Å²) in [5, 5.41) is 9.82. The average molecular weight is 319 g/mol. The Bertz CT molecular complexity index is 188. The first kappa shape index (κ1) is 21.3. The van der Waals surface area contributed by atoms with Crippen molar-refractivity contribution in [2.24, 2.45) is 0 Å². The lowest BCUT2D eigenvalue weighted by Gasteiger charge is -2.11. The molecule has 0 aromatic heterocycles. The van der Waals surface area contributed by atoms with Crippen LogP contribution in [0.15, 0.2) is 0 Å². The van der Waals surface area contributed by atoms with Crippen LogP contribution in [0.3, 0.4) is 0 Å². The second-order valence-corrected chi connectivity index (χ2v) is 7.14. The maximum absolute atomic E-state index is 9.82. The van der Waals surface area contributed by atoms with E-state index in [4.69, 9.17) is 4.74 Å². The van der Waals surface area contributed by atoms with Crippen molar-refractivity contribution >= 4 is 11.8 Å². The standard InChI is InChI=1S/C18H38O2S/c1-3-5-7-9-10-12-14-20-16-18(19)17-21-15-13-11-8-6-4-2/h18-19H,3-17H2,1-2H3. The highest BCUT2D eigenvalue weighted by Gasteiger charge is 2.04. The van der Waals surface area contributed by atoms with Crippen LogP contribution in [0.25, 0.3) is 0 Å². The Morgan fingerprint density at radius 3 is 2.05 bits per heavy atom. The molecule has 128 valence electrons. The van der Waals surface area contributed by atoms with E-state index in [9.17, 15) is 5.11 Å². The summed E-state index contributed by atoms with van der Waals surface area (Å²) in [5.74, 6) is 2.00. The van der Waals surface area contributed by atoms with E-state index in [0.717, 1.165) is 18.8 Å². The summed E-state index contributed by atoms with van der Waals surface area (Å²) in [6.07, 6.45) is 14.1. The van der Waals surface area contributed by atoms with Gasteiger partial charge >= 0.3 is 0 Å². The molecule has 0 aromatic carbocycles. The lowest BCUT2D eigenvalue weighted by molar-refractivity contribution is 0.0468. The maximum Gasteiger partial charge on any atom is 0.0863 e. The molecular weight excluding hydrogens is 280 g/mol. The van der Waals surface area contributed by atoms with Crippen molar-refractivity contribution in [1.82, 2.24) is 0 Å². The Morgan fingerprint density at radius 2 is 1.38 bits per heavy atom. The zero-order chi connectivity index (χ0) is 15.6. The zero-order valence-corrected chi connectivity index (χ0v) is 15.3. The van der Waals surface area contributed by atoms with Crippen molar-refractivity contribution in [3.8, 4) is 0 Å². The minimum absolute atomic E-state index is 0.286. The Labute approximate surface area is 137 Å². The van der Waals surface area contributed by atoms with Crippen LogP contribution in [-0.2, 0) is 4.74 Å². The van der Waals surface area contributed by atoms with E-state index < -0.39 is 0 Å². The van der Waals surface area contributed by atoms with Crippen LogP contribution in [-0.4, -0.2) is 35.9 Å². The predicted molar refractivity (Wildman–Crippen MR) is 96.3 cm³/mol. The molecule has 2 nitrogen and oxygen atoms in total. The number of aliphatic hydroxyl groups excluding tert-OH is 1. The summed E-state index contributed by atoms with van der Waals surface area (Å²) >= 11 is 1.87. The molecule has 21 heavy (non-hydrogen) atoms. The van der Waals surface area contributed by atoms with Gasteiger partial charge in [-0.25, -0.2) is 0 Å². The molecule has 0 spiro atoms. The molecule has 0 radical (unpaired) electrons. The fourth-order valence-electron chi connectivity index (χ4n) is 2.28. The van der Waals surface area contributed by atoms with E-state index in [1.165, 1.54) is 70.0 Å². The number of ether oxygens (including phenoxy) is 1. The van der Waals surface area contributed by atoms with Crippen molar-refractivity contribution in [2.75, 3.05) is 24.7 Å². The molecule has 0 fully saturated rings. The molecule has 0 saturated heterocycles. The molecule has 0 bridgehead atoms. The fourth-order valence-corrected chi connectivity index (χ4v) is 3.22. The van der Waals surface area contributed by atoms with E-state index in [2.05, 4.69) is 13.8 Å². The molecule has 0 aromatic rings. The maximum atomic E-state index is 9.82. The van der Waals surface area contributed by atoms with Crippen molar-refractivity contribution in [2.45, 2.75) is 90.6 Å². The molecule has 1 N–H and O–H groups in total. The van der Waals surface area contributed by atoms with Crippen LogP contribution in [0.5, 0.6) is 0 Å². The van der Waals surface area contributed by atoms with E-state index in [1.54, 1.807) is 0 Å².